The van der Waals surface area contributed by atoms with Gasteiger partial charge in [-0.25, -0.2) is 13.8 Å². The molecule has 1 aliphatic carbocycles. The Morgan fingerprint density at radius 3 is 2.43 bits per heavy atom. The Kier molecular flexibility index (Phi) is 4.00. The van der Waals surface area contributed by atoms with E-state index in [0.717, 1.165) is 32.0 Å². The molecular formula is C16H23F2N3. The molecule has 1 saturated carbocycles. The molecule has 0 amide bonds. The van der Waals surface area contributed by atoms with Gasteiger partial charge in [-0.3, -0.25) is 0 Å². The van der Waals surface area contributed by atoms with Crippen LogP contribution < -0.4 is 10.2 Å². The van der Waals surface area contributed by atoms with Crippen LogP contribution in [0, 0.1) is 17.0 Å². The maximum Gasteiger partial charge on any atom is 0.168 e. The van der Waals surface area contributed by atoms with Crippen molar-refractivity contribution in [1.82, 2.24) is 4.98 Å². The number of rotatable bonds is 3. The number of anilines is 2. The molecule has 5 heteroatoms. The fraction of sp³-hybridized carbons (Fsp3) is 0.688. The molecule has 116 valence electrons. The minimum Gasteiger partial charge on any atom is -0.368 e. The van der Waals surface area contributed by atoms with Gasteiger partial charge in [-0.2, -0.15) is 0 Å². The third-order valence-electron chi connectivity index (χ3n) is 5.04. The van der Waals surface area contributed by atoms with Crippen molar-refractivity contribution in [1.29, 1.82) is 0 Å². The van der Waals surface area contributed by atoms with E-state index in [4.69, 9.17) is 0 Å². The van der Waals surface area contributed by atoms with Crippen LogP contribution in [-0.2, 0) is 0 Å². The summed E-state index contributed by atoms with van der Waals surface area (Å²) >= 11 is 0. The Morgan fingerprint density at radius 2 is 1.81 bits per heavy atom. The second-order valence-electron chi connectivity index (χ2n) is 6.35. The second kappa shape index (κ2) is 5.78. The van der Waals surface area contributed by atoms with Gasteiger partial charge in [0.15, 0.2) is 23.3 Å². The predicted molar refractivity (Wildman–Crippen MR) is 80.7 cm³/mol. The molecule has 1 saturated heterocycles. The Bertz CT molecular complexity index is 502. The van der Waals surface area contributed by atoms with Crippen molar-refractivity contribution in [3.05, 3.63) is 17.7 Å². The van der Waals surface area contributed by atoms with E-state index in [1.807, 2.05) is 11.8 Å². The first kappa shape index (κ1) is 14.5. The summed E-state index contributed by atoms with van der Waals surface area (Å²) in [6.45, 7) is 4.08. The van der Waals surface area contributed by atoms with E-state index in [2.05, 4.69) is 10.3 Å². The lowest BCUT2D eigenvalue weighted by molar-refractivity contribution is 0.225. The predicted octanol–water partition coefficient (Wildman–Crippen LogP) is 3.95. The minimum atomic E-state index is -0.623. The van der Waals surface area contributed by atoms with Crippen LogP contribution in [-0.4, -0.2) is 24.6 Å². The number of aromatic nitrogens is 1. The van der Waals surface area contributed by atoms with E-state index in [9.17, 15) is 8.78 Å². The van der Waals surface area contributed by atoms with Crippen molar-refractivity contribution >= 4 is 11.6 Å². The molecule has 2 heterocycles. The summed E-state index contributed by atoms with van der Waals surface area (Å²) in [6.07, 6.45) is 7.47. The number of pyridine rings is 1. The standard InChI is InChI=1S/C16H23F2N3/c1-2-19-14-12(17)11-13(18)15(20-14)21-9-7-16(8-10-21)5-3-4-6-16/h11H,2-10H2,1H3,(H,19,20). The zero-order chi connectivity index (χ0) is 14.9. The van der Waals surface area contributed by atoms with Crippen molar-refractivity contribution < 1.29 is 8.78 Å². The molecule has 0 atom stereocenters. The zero-order valence-corrected chi connectivity index (χ0v) is 12.6. The van der Waals surface area contributed by atoms with E-state index < -0.39 is 11.6 Å². The quantitative estimate of drug-likeness (QED) is 0.915. The van der Waals surface area contributed by atoms with Crippen LogP contribution in [0.15, 0.2) is 6.07 Å². The van der Waals surface area contributed by atoms with Gasteiger partial charge in [0.2, 0.25) is 0 Å². The Hall–Kier alpha value is -1.39. The smallest absolute Gasteiger partial charge is 0.168 e. The largest absolute Gasteiger partial charge is 0.368 e. The number of hydrogen-bond donors (Lipinski definition) is 1. The average molecular weight is 295 g/mol. The van der Waals surface area contributed by atoms with Crippen LogP contribution in [0.3, 0.4) is 0 Å². The van der Waals surface area contributed by atoms with Crippen molar-refractivity contribution in [3.63, 3.8) is 0 Å². The molecule has 1 aromatic heterocycles. The summed E-state index contributed by atoms with van der Waals surface area (Å²) in [6, 6.07) is 0.945. The molecule has 0 aromatic carbocycles. The van der Waals surface area contributed by atoms with Gasteiger partial charge in [0.25, 0.3) is 0 Å². The Morgan fingerprint density at radius 1 is 1.14 bits per heavy atom. The highest BCUT2D eigenvalue weighted by atomic mass is 19.1. The van der Waals surface area contributed by atoms with Gasteiger partial charge in [0.1, 0.15) is 0 Å². The topological polar surface area (TPSA) is 28.2 Å². The second-order valence-corrected chi connectivity index (χ2v) is 6.35. The monoisotopic (exact) mass is 295 g/mol. The normalized spacial score (nSPS) is 21.0. The molecule has 0 unspecified atom stereocenters. The van der Waals surface area contributed by atoms with Crippen LogP contribution in [0.5, 0.6) is 0 Å². The molecule has 1 aliphatic heterocycles. The number of nitrogens with zero attached hydrogens (tertiary/aromatic N) is 2. The van der Waals surface area contributed by atoms with Gasteiger partial charge in [-0.1, -0.05) is 12.8 Å². The molecule has 1 N–H and O–H groups in total. The number of hydrogen-bond acceptors (Lipinski definition) is 3. The summed E-state index contributed by atoms with van der Waals surface area (Å²) in [5, 5.41) is 2.85. The zero-order valence-electron chi connectivity index (χ0n) is 12.6. The van der Waals surface area contributed by atoms with Crippen LogP contribution in [0.25, 0.3) is 0 Å². The van der Waals surface area contributed by atoms with Gasteiger partial charge in [0.05, 0.1) is 0 Å². The van der Waals surface area contributed by atoms with E-state index in [-0.39, 0.29) is 5.82 Å². The number of halogens is 2. The molecule has 1 aromatic rings. The average Bonchev–Trinajstić information content (AvgIpc) is 2.92. The summed E-state index contributed by atoms with van der Waals surface area (Å²) < 4.78 is 27.7. The van der Waals surface area contributed by atoms with Crippen LogP contribution >= 0.6 is 0 Å². The lowest BCUT2D eigenvalue weighted by Crippen LogP contribution is -2.39. The number of nitrogens with one attached hydrogen (secondary N) is 1. The summed E-state index contributed by atoms with van der Waals surface area (Å²) in [5.41, 5.74) is 0.484. The summed E-state index contributed by atoms with van der Waals surface area (Å²) in [7, 11) is 0. The first-order chi connectivity index (χ1) is 10.1. The van der Waals surface area contributed by atoms with Crippen LogP contribution in [0.1, 0.15) is 45.4 Å². The molecule has 3 nitrogen and oxygen atoms in total. The Balaban J connectivity index is 1.76. The van der Waals surface area contributed by atoms with Gasteiger partial charge in [-0.15, -0.1) is 0 Å². The van der Waals surface area contributed by atoms with Crippen molar-refractivity contribution in [2.75, 3.05) is 29.9 Å². The first-order valence-corrected chi connectivity index (χ1v) is 7.98. The van der Waals surface area contributed by atoms with E-state index in [1.165, 1.54) is 25.7 Å². The third kappa shape index (κ3) is 2.83. The van der Waals surface area contributed by atoms with Crippen molar-refractivity contribution in [3.8, 4) is 0 Å². The minimum absolute atomic E-state index is 0.148. The molecule has 1 spiro atoms. The maximum atomic E-state index is 14.1. The SMILES string of the molecule is CCNc1nc(N2CCC3(CCCC3)CC2)c(F)cc1F. The highest BCUT2D eigenvalue weighted by Gasteiger charge is 2.37. The van der Waals surface area contributed by atoms with Gasteiger partial charge >= 0.3 is 0 Å². The van der Waals surface area contributed by atoms with Crippen molar-refractivity contribution in [2.24, 2.45) is 5.41 Å². The highest BCUT2D eigenvalue weighted by Crippen LogP contribution is 2.46. The van der Waals surface area contributed by atoms with E-state index >= 15 is 0 Å². The lowest BCUT2D eigenvalue weighted by Gasteiger charge is -2.40. The summed E-state index contributed by atoms with van der Waals surface area (Å²) in [4.78, 5) is 6.14. The molecule has 0 radical (unpaired) electrons. The molecule has 21 heavy (non-hydrogen) atoms. The maximum absolute atomic E-state index is 14.1. The molecule has 0 bridgehead atoms. The lowest BCUT2D eigenvalue weighted by atomic mass is 9.77. The summed E-state index contributed by atoms with van der Waals surface area (Å²) in [5.74, 6) is -0.742. The van der Waals surface area contributed by atoms with Crippen LogP contribution in [0.2, 0.25) is 0 Å². The van der Waals surface area contributed by atoms with Gasteiger partial charge in [0, 0.05) is 25.7 Å². The molecule has 2 fully saturated rings. The van der Waals surface area contributed by atoms with Crippen molar-refractivity contribution in [2.45, 2.75) is 45.4 Å². The van der Waals surface area contributed by atoms with Crippen LogP contribution in [0.4, 0.5) is 20.4 Å². The highest BCUT2D eigenvalue weighted by molar-refractivity contribution is 5.49. The third-order valence-corrected chi connectivity index (χ3v) is 5.04. The molecule has 3 rings (SSSR count). The Labute approximate surface area is 124 Å². The van der Waals surface area contributed by atoms with Gasteiger partial charge in [-0.05, 0) is 38.0 Å². The fourth-order valence-electron chi connectivity index (χ4n) is 3.79. The first-order valence-electron chi connectivity index (χ1n) is 7.98. The van der Waals surface area contributed by atoms with E-state index in [0.29, 0.717) is 17.8 Å². The van der Waals surface area contributed by atoms with Gasteiger partial charge < -0.3 is 10.2 Å². The number of piperidine rings is 1. The molecule has 2 aliphatic rings. The molecular weight excluding hydrogens is 272 g/mol. The van der Waals surface area contributed by atoms with E-state index in [1.54, 1.807) is 0 Å². The fourth-order valence-corrected chi connectivity index (χ4v) is 3.79.